The van der Waals surface area contributed by atoms with Crippen LogP contribution in [0.2, 0.25) is 0 Å². The topological polar surface area (TPSA) is 98.7 Å². The highest BCUT2D eigenvalue weighted by Crippen LogP contribution is 2.31. The van der Waals surface area contributed by atoms with E-state index in [0.717, 1.165) is 18.4 Å². The van der Waals surface area contributed by atoms with Gasteiger partial charge in [-0.3, -0.25) is 9.59 Å². The Hall–Kier alpha value is -2.57. The first-order valence-electron chi connectivity index (χ1n) is 9.00. The Balaban J connectivity index is 1.91. The first kappa shape index (κ1) is 19.8. The minimum Gasteiger partial charge on any atom is -0.481 e. The van der Waals surface area contributed by atoms with E-state index < -0.39 is 11.5 Å². The predicted molar refractivity (Wildman–Crippen MR) is 97.5 cm³/mol. The summed E-state index contributed by atoms with van der Waals surface area (Å²) in [6.07, 6.45) is 3.40. The molecule has 3 amide bonds. The maximum atomic E-state index is 12.9. The van der Waals surface area contributed by atoms with E-state index in [9.17, 15) is 14.4 Å². The van der Waals surface area contributed by atoms with Gasteiger partial charge in [-0.2, -0.15) is 0 Å². The maximum Gasteiger partial charge on any atom is 0.315 e. The number of benzene rings is 1. The fourth-order valence-corrected chi connectivity index (χ4v) is 3.34. The summed E-state index contributed by atoms with van der Waals surface area (Å²) in [7, 11) is 1.66. The fraction of sp³-hybridized carbons (Fsp3) is 0.526. The van der Waals surface area contributed by atoms with Gasteiger partial charge in [0.1, 0.15) is 5.54 Å². The Morgan fingerprint density at radius 2 is 1.81 bits per heavy atom. The highest BCUT2D eigenvalue weighted by atomic mass is 16.4. The van der Waals surface area contributed by atoms with E-state index in [-0.39, 0.29) is 18.4 Å². The van der Waals surface area contributed by atoms with E-state index in [1.165, 1.54) is 4.90 Å². The van der Waals surface area contributed by atoms with Gasteiger partial charge in [0.2, 0.25) is 5.91 Å². The zero-order chi connectivity index (χ0) is 19.0. The minimum absolute atomic E-state index is 0.0234. The summed E-state index contributed by atoms with van der Waals surface area (Å²) in [4.78, 5) is 37.4. The third kappa shape index (κ3) is 5.47. The third-order valence-corrected chi connectivity index (χ3v) is 4.75. The molecular formula is C19H27N3O4. The smallest absolute Gasteiger partial charge is 0.315 e. The predicted octanol–water partition coefficient (Wildman–Crippen LogP) is 2.12. The number of rotatable bonds is 8. The molecule has 1 fully saturated rings. The molecule has 0 bridgehead atoms. The zero-order valence-corrected chi connectivity index (χ0v) is 15.2. The number of hydrogen-bond acceptors (Lipinski definition) is 3. The zero-order valence-electron chi connectivity index (χ0n) is 15.2. The molecule has 142 valence electrons. The van der Waals surface area contributed by atoms with E-state index >= 15 is 0 Å². The van der Waals surface area contributed by atoms with Crippen molar-refractivity contribution in [2.75, 3.05) is 13.6 Å². The molecule has 0 atom stereocenters. The van der Waals surface area contributed by atoms with Crippen molar-refractivity contribution in [3.05, 3.63) is 35.9 Å². The molecule has 1 saturated carbocycles. The van der Waals surface area contributed by atoms with Crippen LogP contribution >= 0.6 is 0 Å². The number of amides is 3. The van der Waals surface area contributed by atoms with Crippen molar-refractivity contribution in [3.63, 3.8) is 0 Å². The highest BCUT2D eigenvalue weighted by molar-refractivity contribution is 5.91. The second kappa shape index (κ2) is 9.22. The largest absolute Gasteiger partial charge is 0.481 e. The Labute approximate surface area is 153 Å². The van der Waals surface area contributed by atoms with Crippen molar-refractivity contribution in [1.29, 1.82) is 0 Å². The van der Waals surface area contributed by atoms with Gasteiger partial charge in [-0.1, -0.05) is 43.2 Å². The third-order valence-electron chi connectivity index (χ3n) is 4.75. The molecule has 0 spiro atoms. The van der Waals surface area contributed by atoms with E-state index in [1.807, 2.05) is 30.3 Å². The van der Waals surface area contributed by atoms with Gasteiger partial charge in [0.15, 0.2) is 0 Å². The van der Waals surface area contributed by atoms with Crippen LogP contribution < -0.4 is 10.6 Å². The Morgan fingerprint density at radius 1 is 1.15 bits per heavy atom. The van der Waals surface area contributed by atoms with Crippen molar-refractivity contribution in [2.45, 2.75) is 50.6 Å². The molecule has 2 rings (SSSR count). The van der Waals surface area contributed by atoms with Gasteiger partial charge >= 0.3 is 12.0 Å². The first-order valence-corrected chi connectivity index (χ1v) is 9.00. The first-order chi connectivity index (χ1) is 12.4. The molecule has 1 aromatic carbocycles. The SMILES string of the molecule is CN(CCCC(=O)O)C(=O)C1(NC(=O)NCc2ccccc2)CCCC1. The molecule has 0 radical (unpaired) electrons. The molecule has 7 nitrogen and oxygen atoms in total. The van der Waals surface area contributed by atoms with Crippen LogP contribution in [0.1, 0.15) is 44.1 Å². The second-order valence-corrected chi connectivity index (χ2v) is 6.81. The van der Waals surface area contributed by atoms with Crippen molar-refractivity contribution in [2.24, 2.45) is 0 Å². The summed E-state index contributed by atoms with van der Waals surface area (Å²) in [6, 6.07) is 9.21. The molecule has 0 aliphatic heterocycles. The summed E-state index contributed by atoms with van der Waals surface area (Å²) in [5.41, 5.74) is 0.0962. The van der Waals surface area contributed by atoms with Gasteiger partial charge in [0.05, 0.1) is 0 Å². The Morgan fingerprint density at radius 3 is 2.42 bits per heavy atom. The monoisotopic (exact) mass is 361 g/mol. The van der Waals surface area contributed by atoms with Crippen LogP contribution in [0.3, 0.4) is 0 Å². The van der Waals surface area contributed by atoms with Gasteiger partial charge in [0, 0.05) is 26.6 Å². The van der Waals surface area contributed by atoms with Crippen molar-refractivity contribution in [1.82, 2.24) is 15.5 Å². The number of carboxylic acid groups (broad SMARTS) is 1. The van der Waals surface area contributed by atoms with Crippen LogP contribution in [0.25, 0.3) is 0 Å². The number of nitrogens with zero attached hydrogens (tertiary/aromatic N) is 1. The highest BCUT2D eigenvalue weighted by Gasteiger charge is 2.43. The number of carbonyl (C=O) groups excluding carboxylic acids is 2. The minimum atomic E-state index is -0.890. The molecule has 0 saturated heterocycles. The lowest BCUT2D eigenvalue weighted by atomic mass is 9.95. The lowest BCUT2D eigenvalue weighted by Gasteiger charge is -2.33. The number of carbonyl (C=O) groups is 3. The van der Waals surface area contributed by atoms with Gasteiger partial charge in [0.25, 0.3) is 0 Å². The summed E-state index contributed by atoms with van der Waals surface area (Å²) in [6.45, 7) is 0.756. The number of hydrogen-bond donors (Lipinski definition) is 3. The van der Waals surface area contributed by atoms with E-state index in [4.69, 9.17) is 5.11 Å². The number of carboxylic acids is 1. The molecular weight excluding hydrogens is 334 g/mol. The molecule has 0 aromatic heterocycles. The van der Waals surface area contributed by atoms with Crippen LogP contribution in [0.15, 0.2) is 30.3 Å². The Kier molecular flexibility index (Phi) is 7.00. The fourth-order valence-electron chi connectivity index (χ4n) is 3.34. The lowest BCUT2D eigenvalue weighted by Crippen LogP contribution is -2.59. The second-order valence-electron chi connectivity index (χ2n) is 6.81. The normalized spacial score (nSPS) is 15.3. The van der Waals surface area contributed by atoms with Crippen molar-refractivity contribution < 1.29 is 19.5 Å². The van der Waals surface area contributed by atoms with Crippen LogP contribution in [0.4, 0.5) is 4.79 Å². The summed E-state index contributed by atoms with van der Waals surface area (Å²) >= 11 is 0. The van der Waals surface area contributed by atoms with E-state index in [1.54, 1.807) is 7.05 Å². The van der Waals surface area contributed by atoms with Crippen molar-refractivity contribution in [3.8, 4) is 0 Å². The molecule has 1 aliphatic carbocycles. The number of nitrogens with one attached hydrogen (secondary N) is 2. The summed E-state index contributed by atoms with van der Waals surface area (Å²) in [5, 5.41) is 14.4. The summed E-state index contributed by atoms with van der Waals surface area (Å²) < 4.78 is 0. The lowest BCUT2D eigenvalue weighted by molar-refractivity contribution is -0.139. The summed E-state index contributed by atoms with van der Waals surface area (Å²) in [5.74, 6) is -1.02. The average Bonchev–Trinajstić information content (AvgIpc) is 3.09. The molecule has 26 heavy (non-hydrogen) atoms. The Bertz CT molecular complexity index is 627. The van der Waals surface area contributed by atoms with Crippen LogP contribution in [0.5, 0.6) is 0 Å². The van der Waals surface area contributed by atoms with Gasteiger partial charge in [-0.05, 0) is 24.8 Å². The number of urea groups is 1. The molecule has 0 unspecified atom stereocenters. The van der Waals surface area contributed by atoms with Gasteiger partial charge < -0.3 is 20.6 Å². The molecule has 0 heterocycles. The van der Waals surface area contributed by atoms with Crippen LogP contribution in [-0.2, 0) is 16.1 Å². The molecule has 1 aliphatic rings. The van der Waals surface area contributed by atoms with Gasteiger partial charge in [-0.25, -0.2) is 4.79 Å². The quantitative estimate of drug-likeness (QED) is 0.660. The molecule has 3 N–H and O–H groups in total. The standard InChI is InChI=1S/C19H27N3O4/c1-22(13-7-10-16(23)24)17(25)19(11-5-6-12-19)21-18(26)20-14-15-8-3-2-4-9-15/h2-4,8-9H,5-7,10-14H2,1H3,(H,23,24)(H2,20,21,26). The number of aliphatic carboxylic acids is 1. The van der Waals surface area contributed by atoms with Gasteiger partial charge in [-0.15, -0.1) is 0 Å². The average molecular weight is 361 g/mol. The van der Waals surface area contributed by atoms with Crippen LogP contribution in [-0.4, -0.2) is 47.0 Å². The number of likely N-dealkylation sites (N-methyl/N-ethyl adjacent to an activating group) is 1. The molecule has 7 heteroatoms. The van der Waals surface area contributed by atoms with E-state index in [0.29, 0.717) is 32.4 Å². The van der Waals surface area contributed by atoms with Crippen LogP contribution in [0, 0.1) is 0 Å². The van der Waals surface area contributed by atoms with E-state index in [2.05, 4.69) is 10.6 Å². The molecule has 1 aromatic rings. The maximum absolute atomic E-state index is 12.9. The van der Waals surface area contributed by atoms with Crippen molar-refractivity contribution >= 4 is 17.9 Å².